The summed E-state index contributed by atoms with van der Waals surface area (Å²) in [7, 11) is 0. The lowest BCUT2D eigenvalue weighted by molar-refractivity contribution is 0.102. The van der Waals surface area contributed by atoms with Gasteiger partial charge >= 0.3 is 0 Å². The van der Waals surface area contributed by atoms with Gasteiger partial charge in [-0.1, -0.05) is 25.5 Å². The Kier molecular flexibility index (Phi) is 5.66. The molecule has 0 fully saturated rings. The van der Waals surface area contributed by atoms with Gasteiger partial charge in [-0.15, -0.1) is 0 Å². The molecule has 1 aromatic rings. The van der Waals surface area contributed by atoms with Crippen LogP contribution in [-0.4, -0.2) is 17.3 Å². The molecule has 16 heavy (non-hydrogen) atoms. The molecule has 0 unspecified atom stereocenters. The zero-order chi connectivity index (χ0) is 11.8. The molecule has 84 valence electrons. The number of unbranched alkanes of at least 4 members (excludes halogenated alkanes) is 1. The second kappa shape index (κ2) is 7.08. The fraction of sp³-hybridized carbons (Fsp3) is 0.385. The summed E-state index contributed by atoms with van der Waals surface area (Å²) in [6.07, 6.45) is 2.32. The summed E-state index contributed by atoms with van der Waals surface area (Å²) < 4.78 is 0. The number of carbonyl (C=O) groups is 1. The highest BCUT2D eigenvalue weighted by Gasteiger charge is 2.05. The van der Waals surface area contributed by atoms with Gasteiger partial charge in [-0.25, -0.2) is 0 Å². The number of thioether (sulfide) groups is 1. The minimum Gasteiger partial charge on any atom is -0.293 e. The Bertz CT molecular complexity index is 378. The highest BCUT2D eigenvalue weighted by molar-refractivity contribution is 7.99. The molecule has 0 radical (unpaired) electrons. The van der Waals surface area contributed by atoms with Gasteiger partial charge in [0, 0.05) is 5.56 Å². The first-order valence-electron chi connectivity index (χ1n) is 5.39. The van der Waals surface area contributed by atoms with Crippen molar-refractivity contribution in [2.45, 2.75) is 19.8 Å². The van der Waals surface area contributed by atoms with Crippen molar-refractivity contribution >= 4 is 17.5 Å². The number of carbonyl (C=O) groups excluding carboxylic acids is 1. The third-order valence-electron chi connectivity index (χ3n) is 2.21. The summed E-state index contributed by atoms with van der Waals surface area (Å²) in [6.45, 7) is 2.14. The van der Waals surface area contributed by atoms with Crippen LogP contribution >= 0.6 is 11.8 Å². The van der Waals surface area contributed by atoms with Gasteiger partial charge in [0.15, 0.2) is 5.78 Å². The van der Waals surface area contributed by atoms with Crippen molar-refractivity contribution in [3.05, 3.63) is 35.4 Å². The lowest BCUT2D eigenvalue weighted by Gasteiger charge is -2.00. The van der Waals surface area contributed by atoms with Crippen LogP contribution in [0.5, 0.6) is 0 Å². The molecule has 0 saturated heterocycles. The third kappa shape index (κ3) is 4.08. The van der Waals surface area contributed by atoms with Gasteiger partial charge < -0.3 is 0 Å². The fourth-order valence-corrected chi connectivity index (χ4v) is 2.21. The zero-order valence-electron chi connectivity index (χ0n) is 9.40. The number of hydrogen-bond donors (Lipinski definition) is 0. The standard InChI is InChI=1S/C13H15NOS/c1-2-3-8-16-10-13(15)12-6-4-11(9-14)5-7-12/h4-7H,2-3,8,10H2,1H3. The minimum absolute atomic E-state index is 0.144. The van der Waals surface area contributed by atoms with Gasteiger partial charge in [0.1, 0.15) is 0 Å². The van der Waals surface area contributed by atoms with Crippen molar-refractivity contribution in [1.29, 1.82) is 5.26 Å². The van der Waals surface area contributed by atoms with Crippen molar-refractivity contribution < 1.29 is 4.79 Å². The topological polar surface area (TPSA) is 40.9 Å². The Labute approximate surface area is 101 Å². The van der Waals surface area contributed by atoms with Gasteiger partial charge in [-0.05, 0) is 24.3 Å². The van der Waals surface area contributed by atoms with Gasteiger partial charge in [0.2, 0.25) is 0 Å². The second-order valence-electron chi connectivity index (χ2n) is 3.52. The average Bonchev–Trinajstić information content (AvgIpc) is 2.34. The van der Waals surface area contributed by atoms with Gasteiger partial charge in [0.25, 0.3) is 0 Å². The van der Waals surface area contributed by atoms with E-state index in [1.165, 1.54) is 0 Å². The van der Waals surface area contributed by atoms with Crippen molar-refractivity contribution in [2.24, 2.45) is 0 Å². The molecular weight excluding hydrogens is 218 g/mol. The summed E-state index contributed by atoms with van der Waals surface area (Å²) in [5, 5.41) is 8.63. The van der Waals surface area contributed by atoms with Gasteiger partial charge in [-0.2, -0.15) is 17.0 Å². The molecule has 0 aliphatic carbocycles. The van der Waals surface area contributed by atoms with Gasteiger partial charge in [-0.3, -0.25) is 4.79 Å². The predicted molar refractivity (Wildman–Crippen MR) is 67.7 cm³/mol. The molecule has 0 atom stereocenters. The van der Waals surface area contributed by atoms with E-state index in [-0.39, 0.29) is 5.78 Å². The quantitative estimate of drug-likeness (QED) is 0.559. The Morgan fingerprint density at radius 2 is 2.06 bits per heavy atom. The van der Waals surface area contributed by atoms with E-state index >= 15 is 0 Å². The molecule has 0 N–H and O–H groups in total. The maximum absolute atomic E-state index is 11.7. The Hall–Kier alpha value is -1.27. The largest absolute Gasteiger partial charge is 0.293 e. The number of hydrogen-bond acceptors (Lipinski definition) is 3. The lowest BCUT2D eigenvalue weighted by Crippen LogP contribution is -2.02. The Balaban J connectivity index is 2.44. The molecule has 0 amide bonds. The average molecular weight is 233 g/mol. The zero-order valence-corrected chi connectivity index (χ0v) is 10.2. The molecule has 2 nitrogen and oxygen atoms in total. The number of ketones is 1. The van der Waals surface area contributed by atoms with Crippen LogP contribution in [0.15, 0.2) is 24.3 Å². The van der Waals surface area contributed by atoms with Gasteiger partial charge in [0.05, 0.1) is 17.4 Å². The summed E-state index contributed by atoms with van der Waals surface area (Å²) in [5.41, 5.74) is 1.29. The predicted octanol–water partition coefficient (Wildman–Crippen LogP) is 3.27. The molecule has 0 saturated carbocycles. The van der Waals surface area contributed by atoms with E-state index in [0.29, 0.717) is 16.9 Å². The lowest BCUT2D eigenvalue weighted by atomic mass is 10.1. The van der Waals surface area contributed by atoms with Crippen molar-refractivity contribution in [2.75, 3.05) is 11.5 Å². The normalized spacial score (nSPS) is 9.75. The van der Waals surface area contributed by atoms with Crippen molar-refractivity contribution in [1.82, 2.24) is 0 Å². The maximum Gasteiger partial charge on any atom is 0.172 e. The number of rotatable bonds is 6. The second-order valence-corrected chi connectivity index (χ2v) is 4.62. The number of Topliss-reactive ketones (excluding diaryl/α,β-unsaturated/α-hetero) is 1. The number of nitrogens with zero attached hydrogens (tertiary/aromatic N) is 1. The highest BCUT2D eigenvalue weighted by atomic mass is 32.2. The summed E-state index contributed by atoms with van der Waals surface area (Å²) in [5.74, 6) is 1.72. The van der Waals surface area contributed by atoms with Crippen LogP contribution in [0.1, 0.15) is 35.7 Å². The highest BCUT2D eigenvalue weighted by Crippen LogP contribution is 2.10. The first kappa shape index (κ1) is 12.8. The molecule has 1 aromatic carbocycles. The molecule has 0 bridgehead atoms. The molecule has 0 aliphatic heterocycles. The fourth-order valence-electron chi connectivity index (χ4n) is 1.23. The molecule has 0 heterocycles. The van der Waals surface area contributed by atoms with Crippen molar-refractivity contribution in [3.63, 3.8) is 0 Å². The molecule has 0 aromatic heterocycles. The number of nitriles is 1. The summed E-state index contributed by atoms with van der Waals surface area (Å²) in [6, 6.07) is 8.85. The Morgan fingerprint density at radius 1 is 1.38 bits per heavy atom. The van der Waals surface area contributed by atoms with Crippen LogP contribution in [0.2, 0.25) is 0 Å². The SMILES string of the molecule is CCCCSCC(=O)c1ccc(C#N)cc1. The van der Waals surface area contributed by atoms with Crippen LogP contribution in [0, 0.1) is 11.3 Å². The monoisotopic (exact) mass is 233 g/mol. The molecule has 0 spiro atoms. The van der Waals surface area contributed by atoms with Crippen LogP contribution in [0.3, 0.4) is 0 Å². The first-order chi connectivity index (χ1) is 7.77. The van der Waals surface area contributed by atoms with Crippen molar-refractivity contribution in [3.8, 4) is 6.07 Å². The van der Waals surface area contributed by atoms with E-state index in [9.17, 15) is 4.79 Å². The van der Waals surface area contributed by atoms with E-state index in [1.54, 1.807) is 36.0 Å². The molecular formula is C13H15NOS. The summed E-state index contributed by atoms with van der Waals surface area (Å²) >= 11 is 1.68. The number of benzene rings is 1. The molecule has 3 heteroatoms. The maximum atomic E-state index is 11.7. The smallest absolute Gasteiger partial charge is 0.172 e. The van der Waals surface area contributed by atoms with Crippen LogP contribution in [0.4, 0.5) is 0 Å². The van der Waals surface area contributed by atoms with E-state index < -0.39 is 0 Å². The van der Waals surface area contributed by atoms with E-state index in [2.05, 4.69) is 6.92 Å². The molecule has 0 aliphatic rings. The Morgan fingerprint density at radius 3 is 2.62 bits per heavy atom. The van der Waals surface area contributed by atoms with E-state index in [4.69, 9.17) is 5.26 Å². The van der Waals surface area contributed by atoms with Crippen LogP contribution in [0.25, 0.3) is 0 Å². The van der Waals surface area contributed by atoms with Crippen LogP contribution in [-0.2, 0) is 0 Å². The van der Waals surface area contributed by atoms with Crippen LogP contribution < -0.4 is 0 Å². The van der Waals surface area contributed by atoms with E-state index in [1.807, 2.05) is 6.07 Å². The minimum atomic E-state index is 0.144. The van der Waals surface area contributed by atoms with E-state index in [0.717, 1.165) is 18.6 Å². The summed E-state index contributed by atoms with van der Waals surface area (Å²) in [4.78, 5) is 11.7. The third-order valence-corrected chi connectivity index (χ3v) is 3.26. The first-order valence-corrected chi connectivity index (χ1v) is 6.54. The molecule has 1 rings (SSSR count).